The Balaban J connectivity index is 2.49. The third-order valence-corrected chi connectivity index (χ3v) is 2.56. The van der Waals surface area contributed by atoms with Crippen LogP contribution in [0.4, 0.5) is 0 Å². The first-order valence-corrected chi connectivity index (χ1v) is 5.00. The summed E-state index contributed by atoms with van der Waals surface area (Å²) in [6.07, 6.45) is 0.242. The maximum atomic E-state index is 10.9. The van der Waals surface area contributed by atoms with Crippen LogP contribution in [-0.2, 0) is 4.79 Å². The van der Waals surface area contributed by atoms with E-state index >= 15 is 0 Å². The maximum Gasteiger partial charge on any atom is 0.322 e. The fraction of sp³-hybridized carbons (Fsp3) is 0.889. The highest BCUT2D eigenvalue weighted by Gasteiger charge is 2.28. The zero-order valence-electron chi connectivity index (χ0n) is 8.44. The van der Waals surface area contributed by atoms with Gasteiger partial charge in [-0.1, -0.05) is 6.92 Å². The third kappa shape index (κ3) is 2.94. The van der Waals surface area contributed by atoms with Crippen LogP contribution in [0.3, 0.4) is 0 Å². The average Bonchev–Trinajstić information content (AvgIpc) is 2.18. The first-order valence-electron chi connectivity index (χ1n) is 5.00. The minimum absolute atomic E-state index is 0.421. The number of aliphatic hydroxyl groups excluding tert-OH is 1. The second kappa shape index (κ2) is 5.29. The van der Waals surface area contributed by atoms with Gasteiger partial charge in [0.1, 0.15) is 6.04 Å². The topological polar surface area (TPSA) is 72.8 Å². The highest BCUT2D eigenvalue weighted by Crippen LogP contribution is 2.05. The summed E-state index contributed by atoms with van der Waals surface area (Å²) in [6, 6.07) is -0.495. The number of nitrogens with one attached hydrogen (secondary N) is 1. The van der Waals surface area contributed by atoms with Crippen LogP contribution >= 0.6 is 0 Å². The van der Waals surface area contributed by atoms with E-state index in [1.807, 2.05) is 11.8 Å². The van der Waals surface area contributed by atoms with Gasteiger partial charge in [0.2, 0.25) is 0 Å². The molecule has 3 N–H and O–H groups in total. The first-order chi connectivity index (χ1) is 6.65. The minimum Gasteiger partial charge on any atom is -0.480 e. The van der Waals surface area contributed by atoms with Crippen molar-refractivity contribution < 1.29 is 15.0 Å². The number of hydrogen-bond donors (Lipinski definition) is 3. The van der Waals surface area contributed by atoms with Crippen LogP contribution in [0.15, 0.2) is 0 Å². The Kier molecular flexibility index (Phi) is 4.31. The fourth-order valence-corrected chi connectivity index (χ4v) is 1.61. The van der Waals surface area contributed by atoms with Crippen LogP contribution in [0.1, 0.15) is 13.3 Å². The lowest BCUT2D eigenvalue weighted by Gasteiger charge is -2.34. The van der Waals surface area contributed by atoms with Gasteiger partial charge in [-0.05, 0) is 6.42 Å². The lowest BCUT2D eigenvalue weighted by molar-refractivity contribution is -0.144. The molecule has 0 aromatic carbocycles. The molecule has 0 aromatic heterocycles. The van der Waals surface area contributed by atoms with Gasteiger partial charge in [0.05, 0.1) is 6.10 Å². The van der Waals surface area contributed by atoms with Crippen molar-refractivity contribution in [2.24, 2.45) is 0 Å². The van der Waals surface area contributed by atoms with Crippen molar-refractivity contribution in [3.63, 3.8) is 0 Å². The van der Waals surface area contributed by atoms with Crippen molar-refractivity contribution in [2.75, 3.05) is 26.2 Å². The Bertz CT molecular complexity index is 198. The molecule has 1 aliphatic heterocycles. The third-order valence-electron chi connectivity index (χ3n) is 2.56. The van der Waals surface area contributed by atoms with E-state index in [0.29, 0.717) is 26.1 Å². The molecule has 1 fully saturated rings. The number of aliphatic carboxylic acids is 1. The highest BCUT2D eigenvalue weighted by atomic mass is 16.4. The van der Waals surface area contributed by atoms with E-state index < -0.39 is 18.1 Å². The molecule has 0 radical (unpaired) electrons. The van der Waals surface area contributed by atoms with Crippen molar-refractivity contribution in [1.82, 2.24) is 10.2 Å². The van der Waals surface area contributed by atoms with E-state index in [-0.39, 0.29) is 0 Å². The summed E-state index contributed by atoms with van der Waals surface area (Å²) >= 11 is 0. The van der Waals surface area contributed by atoms with Crippen molar-refractivity contribution in [3.8, 4) is 0 Å². The smallest absolute Gasteiger partial charge is 0.322 e. The van der Waals surface area contributed by atoms with Crippen molar-refractivity contribution in [3.05, 3.63) is 0 Å². The SMILES string of the molecule is CCC(O)CN1CCNCC1C(=O)O. The van der Waals surface area contributed by atoms with Crippen molar-refractivity contribution >= 4 is 5.97 Å². The molecule has 5 heteroatoms. The van der Waals surface area contributed by atoms with Gasteiger partial charge in [0, 0.05) is 26.2 Å². The predicted octanol–water partition coefficient (Wildman–Crippen LogP) is -0.884. The molecule has 1 aliphatic rings. The largest absolute Gasteiger partial charge is 0.480 e. The molecular weight excluding hydrogens is 184 g/mol. The van der Waals surface area contributed by atoms with E-state index in [0.717, 1.165) is 6.54 Å². The molecule has 1 heterocycles. The fourth-order valence-electron chi connectivity index (χ4n) is 1.61. The summed E-state index contributed by atoms with van der Waals surface area (Å²) in [5, 5.41) is 21.4. The van der Waals surface area contributed by atoms with E-state index in [1.54, 1.807) is 0 Å². The summed E-state index contributed by atoms with van der Waals surface area (Å²) in [5.74, 6) is -0.819. The summed E-state index contributed by atoms with van der Waals surface area (Å²) in [6.45, 7) is 4.29. The van der Waals surface area contributed by atoms with Crippen LogP contribution in [0.5, 0.6) is 0 Å². The molecule has 0 spiro atoms. The molecule has 14 heavy (non-hydrogen) atoms. The van der Waals surface area contributed by atoms with Gasteiger partial charge in [-0.2, -0.15) is 0 Å². The summed E-state index contributed by atoms with van der Waals surface area (Å²) < 4.78 is 0. The summed E-state index contributed by atoms with van der Waals surface area (Å²) in [4.78, 5) is 12.7. The lowest BCUT2D eigenvalue weighted by Crippen LogP contribution is -2.56. The zero-order valence-corrected chi connectivity index (χ0v) is 8.44. The molecule has 0 aromatic rings. The molecule has 0 bridgehead atoms. The monoisotopic (exact) mass is 202 g/mol. The zero-order chi connectivity index (χ0) is 10.6. The molecule has 0 aliphatic carbocycles. The van der Waals surface area contributed by atoms with E-state index in [9.17, 15) is 9.90 Å². The normalized spacial score (nSPS) is 26.0. The van der Waals surface area contributed by atoms with E-state index in [2.05, 4.69) is 5.32 Å². The molecule has 1 saturated heterocycles. The van der Waals surface area contributed by atoms with Gasteiger partial charge in [-0.25, -0.2) is 0 Å². The number of rotatable bonds is 4. The van der Waals surface area contributed by atoms with Crippen molar-refractivity contribution in [1.29, 1.82) is 0 Å². The van der Waals surface area contributed by atoms with Crippen LogP contribution in [-0.4, -0.2) is 59.4 Å². The number of carbonyl (C=O) groups is 1. The molecule has 0 saturated carbocycles. The molecule has 82 valence electrons. The average molecular weight is 202 g/mol. The number of carboxylic acid groups (broad SMARTS) is 1. The Morgan fingerprint density at radius 1 is 1.71 bits per heavy atom. The molecular formula is C9H18N2O3. The van der Waals surface area contributed by atoms with Gasteiger partial charge in [-0.3, -0.25) is 9.69 Å². The standard InChI is InChI=1S/C9H18N2O3/c1-2-7(12)6-11-4-3-10-5-8(11)9(13)14/h7-8,10,12H,2-6H2,1H3,(H,13,14). The maximum absolute atomic E-state index is 10.9. The van der Waals surface area contributed by atoms with Gasteiger partial charge in [0.25, 0.3) is 0 Å². The number of aliphatic hydroxyl groups is 1. The van der Waals surface area contributed by atoms with Crippen LogP contribution in [0.25, 0.3) is 0 Å². The highest BCUT2D eigenvalue weighted by molar-refractivity contribution is 5.73. The van der Waals surface area contributed by atoms with Gasteiger partial charge in [-0.15, -0.1) is 0 Å². The second-order valence-corrected chi connectivity index (χ2v) is 3.62. The Labute approximate surface area is 83.7 Å². The van der Waals surface area contributed by atoms with Gasteiger partial charge in [0.15, 0.2) is 0 Å². The second-order valence-electron chi connectivity index (χ2n) is 3.62. The van der Waals surface area contributed by atoms with E-state index in [4.69, 9.17) is 5.11 Å². The van der Waals surface area contributed by atoms with Gasteiger partial charge < -0.3 is 15.5 Å². The number of piperazine rings is 1. The number of β-amino-alcohol motifs (C(OH)–C–C–N with tert-alkyl or cyclic N) is 1. The minimum atomic E-state index is -0.819. The Morgan fingerprint density at radius 2 is 2.43 bits per heavy atom. The number of nitrogens with zero attached hydrogens (tertiary/aromatic N) is 1. The Hall–Kier alpha value is -0.650. The molecule has 2 unspecified atom stereocenters. The van der Waals surface area contributed by atoms with Crippen LogP contribution in [0.2, 0.25) is 0 Å². The molecule has 2 atom stereocenters. The van der Waals surface area contributed by atoms with E-state index in [1.165, 1.54) is 0 Å². The van der Waals surface area contributed by atoms with Crippen LogP contribution in [0, 0.1) is 0 Å². The predicted molar refractivity (Wildman–Crippen MR) is 52.2 cm³/mol. The number of hydrogen-bond acceptors (Lipinski definition) is 4. The van der Waals surface area contributed by atoms with Crippen molar-refractivity contribution in [2.45, 2.75) is 25.5 Å². The van der Waals surface area contributed by atoms with Gasteiger partial charge >= 0.3 is 5.97 Å². The summed E-state index contributed by atoms with van der Waals surface area (Å²) in [7, 11) is 0. The quantitative estimate of drug-likeness (QED) is 0.552. The molecule has 0 amide bonds. The first kappa shape index (κ1) is 11.4. The Morgan fingerprint density at radius 3 is 3.00 bits per heavy atom. The summed E-state index contributed by atoms with van der Waals surface area (Å²) in [5.41, 5.74) is 0. The molecule has 5 nitrogen and oxygen atoms in total. The molecule has 1 rings (SSSR count). The number of carboxylic acids is 1. The lowest BCUT2D eigenvalue weighted by atomic mass is 10.1. The van der Waals surface area contributed by atoms with Crippen LogP contribution < -0.4 is 5.32 Å².